The predicted octanol–water partition coefficient (Wildman–Crippen LogP) is 1.58. The molecule has 1 aliphatic heterocycles. The van der Waals surface area contributed by atoms with E-state index in [0.717, 1.165) is 31.1 Å². The van der Waals surface area contributed by atoms with Crippen molar-refractivity contribution >= 4 is 16.3 Å². The van der Waals surface area contributed by atoms with Crippen molar-refractivity contribution in [1.82, 2.24) is 19.6 Å². The summed E-state index contributed by atoms with van der Waals surface area (Å²) in [5.41, 5.74) is 1.19. The molecule has 4 nitrogen and oxygen atoms in total. The summed E-state index contributed by atoms with van der Waals surface area (Å²) in [5, 5.41) is 5.61. The molecule has 1 fully saturated rings. The third-order valence-corrected chi connectivity index (χ3v) is 4.13. The summed E-state index contributed by atoms with van der Waals surface area (Å²) in [5.74, 6) is 0. The minimum absolute atomic E-state index is 0.646. The molecule has 3 heterocycles. The van der Waals surface area contributed by atoms with E-state index in [4.69, 9.17) is 0 Å². The Labute approximate surface area is 105 Å². The van der Waals surface area contributed by atoms with E-state index in [1.807, 2.05) is 0 Å². The molecule has 1 unspecified atom stereocenters. The summed E-state index contributed by atoms with van der Waals surface area (Å²) in [6.45, 7) is 6.59. The molecule has 0 aliphatic carbocycles. The summed E-state index contributed by atoms with van der Waals surface area (Å²) in [4.78, 5) is 8.23. The number of piperazine rings is 1. The molecule has 0 bridgehead atoms. The average molecular weight is 250 g/mol. The van der Waals surface area contributed by atoms with Gasteiger partial charge < -0.3 is 5.32 Å². The second kappa shape index (κ2) is 4.76. The molecule has 92 valence electrons. The van der Waals surface area contributed by atoms with Gasteiger partial charge in [-0.1, -0.05) is 6.92 Å². The number of hydrogen-bond donors (Lipinski definition) is 1. The molecule has 1 atom stereocenters. The van der Waals surface area contributed by atoms with Gasteiger partial charge in [-0.05, 0) is 6.42 Å². The van der Waals surface area contributed by atoms with E-state index >= 15 is 0 Å². The Balaban J connectivity index is 1.68. The van der Waals surface area contributed by atoms with Gasteiger partial charge in [0.1, 0.15) is 0 Å². The monoisotopic (exact) mass is 250 g/mol. The van der Waals surface area contributed by atoms with E-state index in [1.54, 1.807) is 11.3 Å². The van der Waals surface area contributed by atoms with E-state index in [9.17, 15) is 0 Å². The van der Waals surface area contributed by atoms with Crippen LogP contribution in [0, 0.1) is 0 Å². The normalized spacial score (nSPS) is 22.3. The van der Waals surface area contributed by atoms with Gasteiger partial charge in [0.05, 0.1) is 5.69 Å². The molecule has 0 spiro atoms. The highest BCUT2D eigenvalue weighted by atomic mass is 32.1. The van der Waals surface area contributed by atoms with Crippen molar-refractivity contribution < 1.29 is 0 Å². The minimum atomic E-state index is 0.646. The maximum atomic E-state index is 4.64. The third kappa shape index (κ3) is 2.36. The van der Waals surface area contributed by atoms with Crippen LogP contribution in [0.5, 0.6) is 0 Å². The number of aromatic nitrogens is 2. The van der Waals surface area contributed by atoms with Gasteiger partial charge in [0.15, 0.2) is 4.96 Å². The highest BCUT2D eigenvalue weighted by Gasteiger charge is 2.18. The van der Waals surface area contributed by atoms with Gasteiger partial charge in [0.2, 0.25) is 0 Å². The van der Waals surface area contributed by atoms with Crippen molar-refractivity contribution in [3.8, 4) is 0 Å². The Bertz CT molecular complexity index is 461. The van der Waals surface area contributed by atoms with Gasteiger partial charge in [-0.3, -0.25) is 9.30 Å². The predicted molar refractivity (Wildman–Crippen MR) is 70.4 cm³/mol. The summed E-state index contributed by atoms with van der Waals surface area (Å²) in [7, 11) is 0. The molecule has 0 radical (unpaired) electrons. The van der Waals surface area contributed by atoms with Crippen LogP contribution in [0.4, 0.5) is 0 Å². The number of imidazole rings is 1. The average Bonchev–Trinajstić information content (AvgIpc) is 2.90. The lowest BCUT2D eigenvalue weighted by atomic mass is 10.1. The highest BCUT2D eigenvalue weighted by molar-refractivity contribution is 7.15. The smallest absolute Gasteiger partial charge is 0.193 e. The fourth-order valence-corrected chi connectivity index (χ4v) is 3.11. The van der Waals surface area contributed by atoms with Crippen LogP contribution in [-0.2, 0) is 6.54 Å². The van der Waals surface area contributed by atoms with Crippen LogP contribution in [0.1, 0.15) is 19.0 Å². The van der Waals surface area contributed by atoms with Crippen molar-refractivity contribution in [3.05, 3.63) is 23.5 Å². The molecule has 0 amide bonds. The molecule has 3 rings (SSSR count). The van der Waals surface area contributed by atoms with Crippen LogP contribution in [0.2, 0.25) is 0 Å². The van der Waals surface area contributed by atoms with Crippen molar-refractivity contribution in [2.24, 2.45) is 0 Å². The Hall–Kier alpha value is -0.910. The van der Waals surface area contributed by atoms with Crippen LogP contribution in [0.3, 0.4) is 0 Å². The number of nitrogens with zero attached hydrogens (tertiary/aromatic N) is 3. The summed E-state index contributed by atoms with van der Waals surface area (Å²) >= 11 is 1.70. The van der Waals surface area contributed by atoms with Gasteiger partial charge in [0.25, 0.3) is 0 Å². The summed E-state index contributed by atoms with van der Waals surface area (Å²) in [6.07, 6.45) is 5.42. The summed E-state index contributed by atoms with van der Waals surface area (Å²) in [6, 6.07) is 0.646. The zero-order chi connectivity index (χ0) is 11.7. The fraction of sp³-hybridized carbons (Fsp3) is 0.583. The van der Waals surface area contributed by atoms with Gasteiger partial charge >= 0.3 is 0 Å². The molecule has 5 heteroatoms. The molecule has 1 aliphatic rings. The van der Waals surface area contributed by atoms with Gasteiger partial charge in [0, 0.05) is 50.0 Å². The van der Waals surface area contributed by atoms with E-state index < -0.39 is 0 Å². The second-order valence-corrected chi connectivity index (χ2v) is 5.49. The zero-order valence-electron chi connectivity index (χ0n) is 10.1. The first-order chi connectivity index (χ1) is 8.35. The topological polar surface area (TPSA) is 32.6 Å². The van der Waals surface area contributed by atoms with Crippen LogP contribution >= 0.6 is 11.3 Å². The molecular formula is C12H18N4S. The number of nitrogens with one attached hydrogen (secondary N) is 1. The third-order valence-electron chi connectivity index (χ3n) is 3.36. The Morgan fingerprint density at radius 1 is 1.59 bits per heavy atom. The van der Waals surface area contributed by atoms with E-state index in [2.05, 4.69) is 44.3 Å². The Kier molecular flexibility index (Phi) is 3.13. The first-order valence-electron chi connectivity index (χ1n) is 6.22. The number of rotatable bonds is 3. The molecule has 0 aromatic carbocycles. The molecular weight excluding hydrogens is 232 g/mol. The molecule has 0 saturated carbocycles. The van der Waals surface area contributed by atoms with Crippen molar-refractivity contribution in [2.45, 2.75) is 25.9 Å². The first kappa shape index (κ1) is 11.2. The second-order valence-electron chi connectivity index (χ2n) is 4.62. The lowest BCUT2D eigenvalue weighted by molar-refractivity contribution is 0.188. The van der Waals surface area contributed by atoms with E-state index in [0.29, 0.717) is 6.04 Å². The quantitative estimate of drug-likeness (QED) is 0.897. The molecule has 17 heavy (non-hydrogen) atoms. The fourth-order valence-electron chi connectivity index (χ4n) is 2.39. The number of thiazole rings is 1. The molecule has 2 aromatic rings. The van der Waals surface area contributed by atoms with Crippen LogP contribution < -0.4 is 5.32 Å². The van der Waals surface area contributed by atoms with E-state index in [1.165, 1.54) is 12.1 Å². The lowest BCUT2D eigenvalue weighted by Crippen LogP contribution is -2.49. The highest BCUT2D eigenvalue weighted by Crippen LogP contribution is 2.13. The van der Waals surface area contributed by atoms with Gasteiger partial charge in [-0.15, -0.1) is 11.3 Å². The van der Waals surface area contributed by atoms with Crippen molar-refractivity contribution in [1.29, 1.82) is 0 Å². The largest absolute Gasteiger partial charge is 0.311 e. The zero-order valence-corrected chi connectivity index (χ0v) is 10.9. The van der Waals surface area contributed by atoms with Crippen molar-refractivity contribution in [2.75, 3.05) is 19.6 Å². The first-order valence-corrected chi connectivity index (χ1v) is 7.10. The van der Waals surface area contributed by atoms with Crippen LogP contribution in [0.25, 0.3) is 4.96 Å². The Morgan fingerprint density at radius 3 is 3.35 bits per heavy atom. The molecule has 2 aromatic heterocycles. The van der Waals surface area contributed by atoms with Crippen molar-refractivity contribution in [3.63, 3.8) is 0 Å². The summed E-state index contributed by atoms with van der Waals surface area (Å²) < 4.78 is 2.11. The lowest BCUT2D eigenvalue weighted by Gasteiger charge is -2.32. The standard InChI is InChI=1S/C12H18N4S/c1-2-10-7-15(4-3-13-10)8-11-9-16-5-6-17-12(16)14-11/h5-6,9-10,13H,2-4,7-8H2,1H3. The van der Waals surface area contributed by atoms with E-state index in [-0.39, 0.29) is 0 Å². The molecule has 1 saturated heterocycles. The van der Waals surface area contributed by atoms with Crippen LogP contribution in [0.15, 0.2) is 17.8 Å². The minimum Gasteiger partial charge on any atom is -0.311 e. The maximum absolute atomic E-state index is 4.64. The van der Waals surface area contributed by atoms with Gasteiger partial charge in [-0.25, -0.2) is 4.98 Å². The van der Waals surface area contributed by atoms with Crippen LogP contribution in [-0.4, -0.2) is 40.0 Å². The van der Waals surface area contributed by atoms with Gasteiger partial charge in [-0.2, -0.15) is 0 Å². The SMILES string of the molecule is CCC1CN(Cc2cn3ccsc3n2)CCN1. The maximum Gasteiger partial charge on any atom is 0.193 e. The number of hydrogen-bond acceptors (Lipinski definition) is 4. The number of fused-ring (bicyclic) bond motifs is 1. The molecule has 1 N–H and O–H groups in total. The Morgan fingerprint density at radius 2 is 2.53 bits per heavy atom.